The van der Waals surface area contributed by atoms with Gasteiger partial charge in [-0.15, -0.1) is 0 Å². The SMILES string of the molecule is COc1ccc(C(=O)Nc2cc(O)n(Cc3cccc(Br)c3)c2O)cc1OC1CCCC1. The van der Waals surface area contributed by atoms with E-state index in [4.69, 9.17) is 9.47 Å². The van der Waals surface area contributed by atoms with Gasteiger partial charge in [-0.1, -0.05) is 28.1 Å². The molecule has 0 spiro atoms. The second-order valence-electron chi connectivity index (χ2n) is 7.80. The number of methoxy groups -OCH3 is 1. The van der Waals surface area contributed by atoms with Gasteiger partial charge in [0.25, 0.3) is 5.91 Å². The summed E-state index contributed by atoms with van der Waals surface area (Å²) in [6.45, 7) is 0.245. The number of carbonyl (C=O) groups is 1. The number of amides is 1. The standard InChI is InChI=1S/C24H25BrN2O5/c1-31-20-10-9-16(12-21(20)32-18-7-2-3-8-18)23(29)26-19-13-22(28)27(24(19)30)14-15-5-4-6-17(25)11-15/h4-6,9-13,18,28,30H,2-3,7-8,14H2,1H3,(H,26,29). The predicted octanol–water partition coefficient (Wildman–Crippen LogP) is 5.29. The monoisotopic (exact) mass is 500 g/mol. The molecule has 4 rings (SSSR count). The first kappa shape index (κ1) is 22.1. The van der Waals surface area contributed by atoms with Gasteiger partial charge in [-0.05, 0) is 61.6 Å². The molecule has 3 aromatic rings. The first-order chi connectivity index (χ1) is 15.4. The molecule has 0 aliphatic heterocycles. The molecule has 7 nitrogen and oxygen atoms in total. The van der Waals surface area contributed by atoms with Crippen molar-refractivity contribution >= 4 is 27.5 Å². The molecular formula is C24H25BrN2O5. The highest BCUT2D eigenvalue weighted by atomic mass is 79.9. The first-order valence-electron chi connectivity index (χ1n) is 10.5. The van der Waals surface area contributed by atoms with Crippen LogP contribution in [0.2, 0.25) is 0 Å². The number of aromatic hydroxyl groups is 2. The van der Waals surface area contributed by atoms with Gasteiger partial charge in [0.15, 0.2) is 17.4 Å². The maximum absolute atomic E-state index is 12.9. The Hall–Kier alpha value is -3.13. The summed E-state index contributed by atoms with van der Waals surface area (Å²) in [6, 6.07) is 13.8. The van der Waals surface area contributed by atoms with Gasteiger partial charge in [0, 0.05) is 16.1 Å². The lowest BCUT2D eigenvalue weighted by Gasteiger charge is -2.16. The van der Waals surface area contributed by atoms with Crippen molar-refractivity contribution in [2.75, 3.05) is 12.4 Å². The highest BCUT2D eigenvalue weighted by Gasteiger charge is 2.21. The molecule has 168 valence electrons. The highest BCUT2D eigenvalue weighted by molar-refractivity contribution is 9.10. The third-order valence-electron chi connectivity index (χ3n) is 5.55. The van der Waals surface area contributed by atoms with E-state index >= 15 is 0 Å². The minimum Gasteiger partial charge on any atom is -0.494 e. The molecule has 0 unspecified atom stereocenters. The molecule has 3 N–H and O–H groups in total. The summed E-state index contributed by atoms with van der Waals surface area (Å²) >= 11 is 3.41. The van der Waals surface area contributed by atoms with Crippen molar-refractivity contribution in [3.05, 3.63) is 64.1 Å². The number of halogens is 1. The van der Waals surface area contributed by atoms with E-state index in [1.807, 2.05) is 24.3 Å². The molecular weight excluding hydrogens is 476 g/mol. The Morgan fingerprint density at radius 3 is 2.62 bits per heavy atom. The van der Waals surface area contributed by atoms with Crippen molar-refractivity contribution in [1.29, 1.82) is 0 Å². The zero-order chi connectivity index (χ0) is 22.7. The Bertz CT molecular complexity index is 1120. The number of aromatic nitrogens is 1. The number of carbonyl (C=O) groups excluding carboxylic acids is 1. The Balaban J connectivity index is 1.52. The normalized spacial score (nSPS) is 13.8. The fourth-order valence-electron chi connectivity index (χ4n) is 3.88. The van der Waals surface area contributed by atoms with Crippen LogP contribution in [-0.2, 0) is 6.54 Å². The molecule has 1 heterocycles. The first-order valence-corrected chi connectivity index (χ1v) is 11.3. The third-order valence-corrected chi connectivity index (χ3v) is 6.04. The lowest BCUT2D eigenvalue weighted by atomic mass is 10.1. The average molecular weight is 501 g/mol. The Kier molecular flexibility index (Phi) is 6.60. The summed E-state index contributed by atoms with van der Waals surface area (Å²) in [6.07, 6.45) is 4.35. The quantitative estimate of drug-likeness (QED) is 0.409. The van der Waals surface area contributed by atoms with Gasteiger partial charge in [0.2, 0.25) is 5.88 Å². The number of anilines is 1. The van der Waals surface area contributed by atoms with Crippen molar-refractivity contribution in [2.24, 2.45) is 0 Å². The van der Waals surface area contributed by atoms with Crippen molar-refractivity contribution in [3.8, 4) is 23.3 Å². The van der Waals surface area contributed by atoms with E-state index in [1.165, 1.54) is 10.6 Å². The minimum absolute atomic E-state index is 0.121. The Morgan fingerprint density at radius 2 is 1.91 bits per heavy atom. The van der Waals surface area contributed by atoms with Crippen LogP contribution in [0.25, 0.3) is 0 Å². The molecule has 0 radical (unpaired) electrons. The van der Waals surface area contributed by atoms with Crippen LogP contribution in [0.4, 0.5) is 5.69 Å². The number of nitrogens with zero attached hydrogens (tertiary/aromatic N) is 1. The van der Waals surface area contributed by atoms with Gasteiger partial charge in [0.1, 0.15) is 5.69 Å². The van der Waals surface area contributed by atoms with E-state index in [0.29, 0.717) is 17.1 Å². The lowest BCUT2D eigenvalue weighted by molar-refractivity contribution is 0.102. The van der Waals surface area contributed by atoms with Crippen LogP contribution in [-0.4, -0.2) is 33.9 Å². The van der Waals surface area contributed by atoms with E-state index in [2.05, 4.69) is 21.2 Å². The van der Waals surface area contributed by atoms with Crippen LogP contribution < -0.4 is 14.8 Å². The number of nitrogens with one attached hydrogen (secondary N) is 1. The predicted molar refractivity (Wildman–Crippen MR) is 125 cm³/mol. The molecule has 1 amide bonds. The van der Waals surface area contributed by atoms with Crippen LogP contribution in [0, 0.1) is 0 Å². The van der Waals surface area contributed by atoms with E-state index in [0.717, 1.165) is 35.7 Å². The molecule has 0 atom stereocenters. The zero-order valence-corrected chi connectivity index (χ0v) is 19.3. The number of ether oxygens (including phenoxy) is 2. The molecule has 1 aliphatic carbocycles. The maximum Gasteiger partial charge on any atom is 0.255 e. The highest BCUT2D eigenvalue weighted by Crippen LogP contribution is 2.35. The third kappa shape index (κ3) is 4.85. The lowest BCUT2D eigenvalue weighted by Crippen LogP contribution is -2.14. The summed E-state index contributed by atoms with van der Waals surface area (Å²) < 4.78 is 13.6. The topological polar surface area (TPSA) is 93.0 Å². The van der Waals surface area contributed by atoms with Crippen molar-refractivity contribution in [2.45, 2.75) is 38.3 Å². The molecule has 32 heavy (non-hydrogen) atoms. The summed E-state index contributed by atoms with van der Waals surface area (Å²) in [5.74, 6) is 0.267. The van der Waals surface area contributed by atoms with Crippen molar-refractivity contribution < 1.29 is 24.5 Å². The van der Waals surface area contributed by atoms with E-state index < -0.39 is 5.91 Å². The van der Waals surface area contributed by atoms with Gasteiger partial charge in [-0.2, -0.15) is 0 Å². The number of hydrogen-bond donors (Lipinski definition) is 3. The van der Waals surface area contributed by atoms with E-state index in [1.54, 1.807) is 25.3 Å². The number of benzene rings is 2. The minimum atomic E-state index is -0.432. The van der Waals surface area contributed by atoms with E-state index in [9.17, 15) is 15.0 Å². The molecule has 1 fully saturated rings. The van der Waals surface area contributed by atoms with Gasteiger partial charge in [0.05, 0.1) is 19.8 Å². The largest absolute Gasteiger partial charge is 0.494 e. The van der Waals surface area contributed by atoms with Crippen LogP contribution in [0.15, 0.2) is 53.0 Å². The van der Waals surface area contributed by atoms with E-state index in [-0.39, 0.29) is 30.1 Å². The van der Waals surface area contributed by atoms with Gasteiger partial charge in [-0.3, -0.25) is 9.36 Å². The molecule has 1 aliphatic rings. The zero-order valence-electron chi connectivity index (χ0n) is 17.7. The van der Waals surface area contributed by atoms with Crippen molar-refractivity contribution in [1.82, 2.24) is 4.57 Å². The van der Waals surface area contributed by atoms with Crippen LogP contribution in [0.3, 0.4) is 0 Å². The van der Waals surface area contributed by atoms with Crippen LogP contribution in [0.1, 0.15) is 41.6 Å². The van der Waals surface area contributed by atoms with Crippen LogP contribution in [0.5, 0.6) is 23.3 Å². The van der Waals surface area contributed by atoms with Gasteiger partial charge in [-0.25, -0.2) is 0 Å². The van der Waals surface area contributed by atoms with Crippen LogP contribution >= 0.6 is 15.9 Å². The molecule has 8 heteroatoms. The summed E-state index contributed by atoms with van der Waals surface area (Å²) in [5.41, 5.74) is 1.36. The Labute approximate surface area is 194 Å². The molecule has 1 saturated carbocycles. The maximum atomic E-state index is 12.9. The second-order valence-corrected chi connectivity index (χ2v) is 8.72. The molecule has 2 aromatic carbocycles. The second kappa shape index (κ2) is 9.56. The molecule has 0 saturated heterocycles. The summed E-state index contributed by atoms with van der Waals surface area (Å²) in [7, 11) is 1.56. The van der Waals surface area contributed by atoms with Gasteiger partial charge < -0.3 is 25.0 Å². The number of rotatable bonds is 7. The number of hydrogen-bond acceptors (Lipinski definition) is 5. The molecule has 0 bridgehead atoms. The van der Waals surface area contributed by atoms with Crippen molar-refractivity contribution in [3.63, 3.8) is 0 Å². The fourth-order valence-corrected chi connectivity index (χ4v) is 4.33. The van der Waals surface area contributed by atoms with Gasteiger partial charge >= 0.3 is 0 Å². The summed E-state index contributed by atoms with van der Waals surface area (Å²) in [4.78, 5) is 12.9. The smallest absolute Gasteiger partial charge is 0.255 e. The Morgan fingerprint density at radius 1 is 1.12 bits per heavy atom. The molecule has 1 aromatic heterocycles. The summed E-state index contributed by atoms with van der Waals surface area (Å²) in [5, 5.41) is 23.6. The fraction of sp³-hybridized carbons (Fsp3) is 0.292. The average Bonchev–Trinajstić information content (AvgIpc) is 3.37.